The Kier molecular flexibility index (Phi) is 6.26. The highest BCUT2D eigenvalue weighted by molar-refractivity contribution is 6.18. The van der Waals surface area contributed by atoms with Gasteiger partial charge in [0.05, 0.1) is 31.0 Å². The molecule has 0 radical (unpaired) electrons. The molecule has 0 unspecified atom stereocenters. The van der Waals surface area contributed by atoms with Gasteiger partial charge in [-0.2, -0.15) is 0 Å². The molecule has 5 rings (SSSR count). The number of likely N-dealkylation sites (tertiary alicyclic amines) is 1. The molecule has 1 atom stereocenters. The zero-order chi connectivity index (χ0) is 25.4. The summed E-state index contributed by atoms with van der Waals surface area (Å²) >= 11 is 0. The molecule has 188 valence electrons. The first-order valence-corrected chi connectivity index (χ1v) is 12.0. The van der Waals surface area contributed by atoms with Crippen LogP contribution in [0.15, 0.2) is 36.4 Å². The predicted octanol–water partition coefficient (Wildman–Crippen LogP) is 1.95. The van der Waals surface area contributed by atoms with E-state index in [1.165, 1.54) is 14.2 Å². The molecule has 0 aromatic heterocycles. The van der Waals surface area contributed by atoms with Crippen molar-refractivity contribution in [3.63, 3.8) is 0 Å². The van der Waals surface area contributed by atoms with Crippen molar-refractivity contribution in [1.29, 1.82) is 0 Å². The predicted molar refractivity (Wildman–Crippen MR) is 130 cm³/mol. The summed E-state index contributed by atoms with van der Waals surface area (Å²) < 4.78 is 10.9. The van der Waals surface area contributed by atoms with Crippen molar-refractivity contribution in [1.82, 2.24) is 15.1 Å². The maximum atomic E-state index is 13.7. The third kappa shape index (κ3) is 3.82. The van der Waals surface area contributed by atoms with E-state index < -0.39 is 6.17 Å². The summed E-state index contributed by atoms with van der Waals surface area (Å²) in [5.74, 6) is 0.0726. The molecule has 10 heteroatoms. The number of carbonyl (C=O) groups is 4. The summed E-state index contributed by atoms with van der Waals surface area (Å²) in [6, 6.07) is 10.4. The normalized spacial score (nSPS) is 18.2. The first kappa shape index (κ1) is 23.7. The molecule has 1 fully saturated rings. The lowest BCUT2D eigenvalue weighted by atomic mass is 10.0. The highest BCUT2D eigenvalue weighted by Gasteiger charge is 2.49. The molecule has 0 saturated carbocycles. The molecule has 0 spiro atoms. The Hall–Kier alpha value is -4.08. The van der Waals surface area contributed by atoms with Gasteiger partial charge >= 0.3 is 0 Å². The Morgan fingerprint density at radius 3 is 2.56 bits per heavy atom. The van der Waals surface area contributed by atoms with Crippen LogP contribution in [0, 0.1) is 0 Å². The molecule has 3 aliphatic rings. The molecule has 36 heavy (non-hydrogen) atoms. The van der Waals surface area contributed by atoms with E-state index in [9.17, 15) is 19.2 Å². The van der Waals surface area contributed by atoms with E-state index in [0.29, 0.717) is 53.4 Å². The molecular formula is C26H28N4O6. The number of nitrogens with one attached hydrogen (secondary N) is 1. The van der Waals surface area contributed by atoms with Gasteiger partial charge in [0, 0.05) is 44.6 Å². The van der Waals surface area contributed by atoms with Crippen LogP contribution in [0.1, 0.15) is 51.7 Å². The van der Waals surface area contributed by atoms with Crippen LogP contribution in [0.4, 0.5) is 5.69 Å². The van der Waals surface area contributed by atoms with E-state index in [0.717, 1.165) is 13.0 Å². The van der Waals surface area contributed by atoms with E-state index in [-0.39, 0.29) is 36.6 Å². The zero-order valence-electron chi connectivity index (χ0n) is 20.3. The second-order valence-electron chi connectivity index (χ2n) is 8.91. The number of ether oxygens (including phenoxy) is 2. The molecular weight excluding hydrogens is 464 g/mol. The lowest BCUT2D eigenvalue weighted by Gasteiger charge is -2.40. The van der Waals surface area contributed by atoms with Crippen molar-refractivity contribution in [2.75, 3.05) is 45.3 Å². The number of anilines is 1. The molecule has 3 heterocycles. The van der Waals surface area contributed by atoms with Crippen molar-refractivity contribution in [2.45, 2.75) is 25.4 Å². The Balaban J connectivity index is 1.39. The topological polar surface area (TPSA) is 108 Å². The van der Waals surface area contributed by atoms with Crippen LogP contribution in [-0.4, -0.2) is 73.8 Å². The van der Waals surface area contributed by atoms with Gasteiger partial charge in [0.2, 0.25) is 11.8 Å². The van der Waals surface area contributed by atoms with Crippen LogP contribution in [0.3, 0.4) is 0 Å². The first-order valence-electron chi connectivity index (χ1n) is 12.0. The van der Waals surface area contributed by atoms with Gasteiger partial charge in [-0.3, -0.25) is 24.1 Å². The quantitative estimate of drug-likeness (QED) is 0.604. The summed E-state index contributed by atoms with van der Waals surface area (Å²) in [4.78, 5) is 56.5. The Labute approximate surface area is 208 Å². The number of hydrogen-bond acceptors (Lipinski definition) is 6. The maximum absolute atomic E-state index is 13.7. The van der Waals surface area contributed by atoms with E-state index in [1.807, 2.05) is 0 Å². The fourth-order valence-electron chi connectivity index (χ4n) is 5.23. The van der Waals surface area contributed by atoms with Crippen LogP contribution >= 0.6 is 0 Å². The van der Waals surface area contributed by atoms with Crippen LogP contribution in [-0.2, 0) is 9.59 Å². The van der Waals surface area contributed by atoms with Gasteiger partial charge in [0.1, 0.15) is 6.17 Å². The van der Waals surface area contributed by atoms with Gasteiger partial charge in [-0.1, -0.05) is 18.2 Å². The van der Waals surface area contributed by atoms with Gasteiger partial charge in [0.25, 0.3) is 11.8 Å². The van der Waals surface area contributed by atoms with Gasteiger partial charge in [-0.05, 0) is 24.6 Å². The number of hydrogen-bond donors (Lipinski definition) is 1. The second kappa shape index (κ2) is 9.52. The van der Waals surface area contributed by atoms with Crippen molar-refractivity contribution in [2.24, 2.45) is 0 Å². The third-order valence-electron chi connectivity index (χ3n) is 6.94. The molecule has 0 aliphatic carbocycles. The number of carbonyl (C=O) groups excluding carboxylic acids is 4. The van der Waals surface area contributed by atoms with E-state index in [2.05, 4.69) is 5.32 Å². The fourth-order valence-corrected chi connectivity index (χ4v) is 5.23. The third-order valence-corrected chi connectivity index (χ3v) is 6.94. The molecule has 1 N–H and O–H groups in total. The standard InChI is InChI=1S/C26H28N4O6/c1-35-19-10-9-17-22(23(19)36-2)26(34)30-18-7-4-3-6-16(18)25(33)29(24(17)30)14-11-20(31)27-12-15-28-13-5-8-21(28)32/h3-4,6-7,9-10,24H,5,8,11-15H2,1-2H3,(H,27,31)/t24-/m0/s1. The number of rotatable bonds is 8. The summed E-state index contributed by atoms with van der Waals surface area (Å²) in [6.07, 6.45) is 0.759. The number of benzene rings is 2. The van der Waals surface area contributed by atoms with Crippen molar-refractivity contribution in [3.8, 4) is 11.5 Å². The Bertz CT molecular complexity index is 1240. The van der Waals surface area contributed by atoms with Crippen LogP contribution < -0.4 is 19.7 Å². The Morgan fingerprint density at radius 2 is 1.83 bits per heavy atom. The number of methoxy groups -OCH3 is 2. The van der Waals surface area contributed by atoms with Crippen molar-refractivity contribution < 1.29 is 28.7 Å². The van der Waals surface area contributed by atoms with Crippen molar-refractivity contribution >= 4 is 29.3 Å². The highest BCUT2D eigenvalue weighted by Crippen LogP contribution is 2.49. The van der Waals surface area contributed by atoms with E-state index in [1.54, 1.807) is 51.1 Å². The molecule has 3 aliphatic heterocycles. The van der Waals surface area contributed by atoms with E-state index >= 15 is 0 Å². The number of fused-ring (bicyclic) bond motifs is 5. The summed E-state index contributed by atoms with van der Waals surface area (Å²) in [6.45, 7) is 1.66. The maximum Gasteiger partial charge on any atom is 0.264 e. The number of amides is 4. The first-order chi connectivity index (χ1) is 17.5. The fraction of sp³-hybridized carbons (Fsp3) is 0.385. The number of nitrogens with zero attached hydrogens (tertiary/aromatic N) is 3. The zero-order valence-corrected chi connectivity index (χ0v) is 20.3. The minimum Gasteiger partial charge on any atom is -0.493 e. The van der Waals surface area contributed by atoms with Crippen LogP contribution in [0.5, 0.6) is 11.5 Å². The Morgan fingerprint density at radius 1 is 1.03 bits per heavy atom. The smallest absolute Gasteiger partial charge is 0.264 e. The molecule has 10 nitrogen and oxygen atoms in total. The largest absolute Gasteiger partial charge is 0.493 e. The summed E-state index contributed by atoms with van der Waals surface area (Å²) in [5, 5.41) is 2.84. The van der Waals surface area contributed by atoms with Crippen molar-refractivity contribution in [3.05, 3.63) is 53.1 Å². The van der Waals surface area contributed by atoms with Gasteiger partial charge < -0.3 is 24.6 Å². The monoisotopic (exact) mass is 492 g/mol. The summed E-state index contributed by atoms with van der Waals surface area (Å²) in [7, 11) is 2.97. The molecule has 2 aromatic rings. The molecule has 2 aromatic carbocycles. The lowest BCUT2D eigenvalue weighted by Crippen LogP contribution is -2.49. The SMILES string of the molecule is COc1ccc2c(c1OC)C(=O)N1c3ccccc3C(=O)N(CCC(=O)NCCN3CCCC3=O)[C@H]21. The minimum atomic E-state index is -0.704. The minimum absolute atomic E-state index is 0.0585. The molecule has 0 bridgehead atoms. The van der Waals surface area contributed by atoms with Crippen LogP contribution in [0.2, 0.25) is 0 Å². The van der Waals surface area contributed by atoms with Crippen LogP contribution in [0.25, 0.3) is 0 Å². The highest BCUT2D eigenvalue weighted by atomic mass is 16.5. The van der Waals surface area contributed by atoms with Gasteiger partial charge in [-0.25, -0.2) is 0 Å². The van der Waals surface area contributed by atoms with Gasteiger partial charge in [0.15, 0.2) is 11.5 Å². The number of para-hydroxylation sites is 1. The molecule has 1 saturated heterocycles. The van der Waals surface area contributed by atoms with Gasteiger partial charge in [-0.15, -0.1) is 0 Å². The van der Waals surface area contributed by atoms with E-state index in [4.69, 9.17) is 9.47 Å². The molecule has 4 amide bonds. The lowest BCUT2D eigenvalue weighted by molar-refractivity contribution is -0.128. The second-order valence-corrected chi connectivity index (χ2v) is 8.91. The summed E-state index contributed by atoms with van der Waals surface area (Å²) in [5.41, 5.74) is 1.88. The average molecular weight is 493 g/mol. The average Bonchev–Trinajstić information content (AvgIpc) is 3.43.